The maximum atomic E-state index is 12.4. The first-order valence-electron chi connectivity index (χ1n) is 10.7. The standard InChI is InChI=1S/C23H29N5O6/c24-12-2-1-3-18(23(32)33)26-20(29)16-8-4-14(5-9-16)15-6-10-17(11-7-15)21(30)27-19(13-25)22(31)28-34/h4-11,18-19,34H,1-3,12-13,24-25H2,(H,26,29)(H,27,30)(H,28,31)(H,32,33)/t18-,19-/m0/s1. The number of aliphatic carboxylic acids is 1. The summed E-state index contributed by atoms with van der Waals surface area (Å²) in [4.78, 5) is 47.6. The lowest BCUT2D eigenvalue weighted by atomic mass is 10.0. The van der Waals surface area contributed by atoms with Crippen LogP contribution in [0.5, 0.6) is 0 Å². The highest BCUT2D eigenvalue weighted by molar-refractivity contribution is 5.98. The molecule has 0 radical (unpaired) electrons. The molecule has 0 aliphatic rings. The zero-order valence-electron chi connectivity index (χ0n) is 18.5. The molecular formula is C23H29N5O6. The van der Waals surface area contributed by atoms with Crippen LogP contribution in [-0.2, 0) is 9.59 Å². The molecule has 2 rings (SSSR count). The first-order chi connectivity index (χ1) is 16.3. The Morgan fingerprint density at radius 3 is 1.62 bits per heavy atom. The molecule has 9 N–H and O–H groups in total. The van der Waals surface area contributed by atoms with Crippen molar-refractivity contribution in [3.63, 3.8) is 0 Å². The van der Waals surface area contributed by atoms with Crippen molar-refractivity contribution in [1.82, 2.24) is 16.1 Å². The summed E-state index contributed by atoms with van der Waals surface area (Å²) >= 11 is 0. The molecule has 3 amide bonds. The number of nitrogens with one attached hydrogen (secondary N) is 3. The molecule has 11 heteroatoms. The van der Waals surface area contributed by atoms with Crippen LogP contribution in [0.4, 0.5) is 0 Å². The zero-order chi connectivity index (χ0) is 25.1. The first-order valence-corrected chi connectivity index (χ1v) is 10.7. The maximum Gasteiger partial charge on any atom is 0.326 e. The smallest absolute Gasteiger partial charge is 0.326 e. The van der Waals surface area contributed by atoms with Crippen LogP contribution in [0, 0.1) is 0 Å². The number of carboxylic acids is 1. The number of unbranched alkanes of at least 4 members (excludes halogenated alkanes) is 1. The second-order valence-corrected chi connectivity index (χ2v) is 7.54. The third kappa shape index (κ3) is 7.37. The van der Waals surface area contributed by atoms with Gasteiger partial charge in [-0.3, -0.25) is 19.6 Å². The molecule has 0 saturated carbocycles. The SMILES string of the molecule is NCCCC[C@H](NC(=O)c1ccc(-c2ccc(C(=O)N[C@@H](CN)C(=O)NO)cc2)cc1)C(=O)O. The van der Waals surface area contributed by atoms with Gasteiger partial charge in [0, 0.05) is 17.7 Å². The van der Waals surface area contributed by atoms with E-state index in [0.29, 0.717) is 36.9 Å². The van der Waals surface area contributed by atoms with E-state index in [1.165, 1.54) is 5.48 Å². The average Bonchev–Trinajstić information content (AvgIpc) is 2.86. The summed E-state index contributed by atoms with van der Waals surface area (Å²) in [6.07, 6.45) is 1.58. The minimum Gasteiger partial charge on any atom is -0.480 e. The highest BCUT2D eigenvalue weighted by Crippen LogP contribution is 2.21. The molecule has 0 bridgehead atoms. The zero-order valence-corrected chi connectivity index (χ0v) is 18.5. The van der Waals surface area contributed by atoms with E-state index in [9.17, 15) is 24.3 Å². The van der Waals surface area contributed by atoms with Crippen LogP contribution in [0.25, 0.3) is 11.1 Å². The quantitative estimate of drug-likeness (QED) is 0.130. The fourth-order valence-electron chi connectivity index (χ4n) is 3.17. The number of carbonyl (C=O) groups excluding carboxylic acids is 3. The summed E-state index contributed by atoms with van der Waals surface area (Å²) < 4.78 is 0. The Morgan fingerprint density at radius 2 is 1.24 bits per heavy atom. The van der Waals surface area contributed by atoms with Gasteiger partial charge in [0.25, 0.3) is 17.7 Å². The highest BCUT2D eigenvalue weighted by atomic mass is 16.5. The number of hydrogen-bond donors (Lipinski definition) is 7. The molecule has 0 fully saturated rings. The van der Waals surface area contributed by atoms with Gasteiger partial charge in [0.2, 0.25) is 0 Å². The Hall–Kier alpha value is -3.80. The number of carbonyl (C=O) groups is 4. The van der Waals surface area contributed by atoms with Gasteiger partial charge in [0.05, 0.1) is 0 Å². The molecule has 11 nitrogen and oxygen atoms in total. The number of hydrogen-bond acceptors (Lipinski definition) is 7. The maximum absolute atomic E-state index is 12.4. The van der Waals surface area contributed by atoms with E-state index in [1.807, 2.05) is 0 Å². The summed E-state index contributed by atoms with van der Waals surface area (Å²) in [7, 11) is 0. The summed E-state index contributed by atoms with van der Waals surface area (Å²) in [6.45, 7) is 0.277. The fraction of sp³-hybridized carbons (Fsp3) is 0.304. The van der Waals surface area contributed by atoms with Crippen LogP contribution in [0.1, 0.15) is 40.0 Å². The topological polar surface area (TPSA) is 197 Å². The number of carboxylic acid groups (broad SMARTS) is 1. The van der Waals surface area contributed by atoms with Crippen LogP contribution in [0.2, 0.25) is 0 Å². The monoisotopic (exact) mass is 471 g/mol. The Labute approximate surface area is 196 Å². The molecule has 0 saturated heterocycles. The predicted molar refractivity (Wildman–Crippen MR) is 124 cm³/mol. The molecule has 0 heterocycles. The van der Waals surface area contributed by atoms with E-state index in [4.69, 9.17) is 16.7 Å². The number of rotatable bonds is 12. The minimum absolute atomic E-state index is 0.183. The van der Waals surface area contributed by atoms with Crippen molar-refractivity contribution in [2.45, 2.75) is 31.3 Å². The molecule has 34 heavy (non-hydrogen) atoms. The molecule has 0 spiro atoms. The molecule has 0 unspecified atom stereocenters. The van der Waals surface area contributed by atoms with Crippen LogP contribution in [0.15, 0.2) is 48.5 Å². The van der Waals surface area contributed by atoms with Crippen molar-refractivity contribution in [3.8, 4) is 11.1 Å². The number of benzene rings is 2. The van der Waals surface area contributed by atoms with Gasteiger partial charge >= 0.3 is 5.97 Å². The van der Waals surface area contributed by atoms with Crippen molar-refractivity contribution in [1.29, 1.82) is 0 Å². The highest BCUT2D eigenvalue weighted by Gasteiger charge is 2.21. The summed E-state index contributed by atoms with van der Waals surface area (Å²) in [5.74, 6) is -2.93. The van der Waals surface area contributed by atoms with Crippen LogP contribution in [-0.4, -0.2) is 59.2 Å². The number of amides is 3. The molecule has 0 aliphatic carbocycles. The van der Waals surface area contributed by atoms with Crippen molar-refractivity contribution in [2.24, 2.45) is 11.5 Å². The van der Waals surface area contributed by atoms with Gasteiger partial charge < -0.3 is 27.2 Å². The van der Waals surface area contributed by atoms with E-state index < -0.39 is 35.8 Å². The van der Waals surface area contributed by atoms with Gasteiger partial charge in [-0.25, -0.2) is 10.3 Å². The summed E-state index contributed by atoms with van der Waals surface area (Å²) in [6, 6.07) is 11.1. The first kappa shape index (κ1) is 26.5. The van der Waals surface area contributed by atoms with Gasteiger partial charge in [0.15, 0.2) is 0 Å². The molecule has 0 aliphatic heterocycles. The van der Waals surface area contributed by atoms with Crippen LogP contribution < -0.4 is 27.6 Å². The van der Waals surface area contributed by atoms with Crippen molar-refractivity contribution in [2.75, 3.05) is 13.1 Å². The van der Waals surface area contributed by atoms with Crippen molar-refractivity contribution < 1.29 is 29.5 Å². The molecular weight excluding hydrogens is 442 g/mol. The van der Waals surface area contributed by atoms with Gasteiger partial charge in [-0.15, -0.1) is 0 Å². The van der Waals surface area contributed by atoms with E-state index in [-0.39, 0.29) is 6.54 Å². The Balaban J connectivity index is 2.04. The number of hydroxylamine groups is 1. The molecule has 182 valence electrons. The third-order valence-electron chi connectivity index (χ3n) is 5.15. The van der Waals surface area contributed by atoms with E-state index in [0.717, 1.165) is 11.1 Å². The van der Waals surface area contributed by atoms with Crippen molar-refractivity contribution >= 4 is 23.7 Å². The summed E-state index contributed by atoms with van der Waals surface area (Å²) in [5, 5.41) is 22.9. The summed E-state index contributed by atoms with van der Waals surface area (Å²) in [5.41, 5.74) is 14.5. The lowest BCUT2D eigenvalue weighted by molar-refractivity contribution is -0.139. The molecule has 2 aromatic carbocycles. The predicted octanol–water partition coefficient (Wildman–Crippen LogP) is 0.228. The Kier molecular flexibility index (Phi) is 10.1. The second kappa shape index (κ2) is 13.0. The Bertz CT molecular complexity index is 994. The molecule has 2 atom stereocenters. The van der Waals surface area contributed by atoms with Gasteiger partial charge in [-0.2, -0.15) is 0 Å². The van der Waals surface area contributed by atoms with E-state index in [1.54, 1.807) is 48.5 Å². The molecule has 0 aromatic heterocycles. The largest absolute Gasteiger partial charge is 0.480 e. The third-order valence-corrected chi connectivity index (χ3v) is 5.15. The number of nitrogens with two attached hydrogens (primary N) is 2. The van der Waals surface area contributed by atoms with Crippen LogP contribution in [0.3, 0.4) is 0 Å². The minimum atomic E-state index is -1.10. The van der Waals surface area contributed by atoms with E-state index in [2.05, 4.69) is 10.6 Å². The lowest BCUT2D eigenvalue weighted by Gasteiger charge is -2.15. The van der Waals surface area contributed by atoms with Gasteiger partial charge in [-0.05, 0) is 61.2 Å². The Morgan fingerprint density at radius 1 is 0.765 bits per heavy atom. The lowest BCUT2D eigenvalue weighted by Crippen LogP contribution is -2.50. The van der Waals surface area contributed by atoms with E-state index >= 15 is 0 Å². The average molecular weight is 472 g/mol. The fourth-order valence-corrected chi connectivity index (χ4v) is 3.17. The van der Waals surface area contributed by atoms with Crippen molar-refractivity contribution in [3.05, 3.63) is 59.7 Å². The van der Waals surface area contributed by atoms with Crippen LogP contribution >= 0.6 is 0 Å². The second-order valence-electron chi connectivity index (χ2n) is 7.54. The van der Waals surface area contributed by atoms with Gasteiger partial charge in [0.1, 0.15) is 12.1 Å². The normalized spacial score (nSPS) is 12.3. The van der Waals surface area contributed by atoms with Gasteiger partial charge in [-0.1, -0.05) is 24.3 Å². The molecule has 2 aromatic rings.